The van der Waals surface area contributed by atoms with Crippen LogP contribution in [0.15, 0.2) is 30.5 Å². The van der Waals surface area contributed by atoms with Crippen molar-refractivity contribution in [3.63, 3.8) is 0 Å². The maximum atomic E-state index is 11.6. The molecule has 2 N–H and O–H groups in total. The summed E-state index contributed by atoms with van der Waals surface area (Å²) in [5.41, 5.74) is 2.53. The smallest absolute Gasteiger partial charge is 0.219 e. The number of benzene rings is 1. The number of nitrogens with one attached hydrogen (secondary N) is 2. The molecule has 1 aliphatic heterocycles. The SMILES string of the molecule is CC[C@H]1CN(C(C)=O)CC[C@H]1NCc1cccc2[nH]ccc12. The molecule has 4 heteroatoms. The third kappa shape index (κ3) is 3.02. The van der Waals surface area contributed by atoms with E-state index in [-0.39, 0.29) is 5.91 Å². The van der Waals surface area contributed by atoms with Gasteiger partial charge in [-0.25, -0.2) is 0 Å². The number of aromatic nitrogens is 1. The number of likely N-dealkylation sites (tertiary alicyclic amines) is 1. The van der Waals surface area contributed by atoms with E-state index < -0.39 is 0 Å². The molecule has 1 saturated heterocycles. The Morgan fingerprint density at radius 3 is 3.05 bits per heavy atom. The summed E-state index contributed by atoms with van der Waals surface area (Å²) >= 11 is 0. The number of piperidine rings is 1. The lowest BCUT2D eigenvalue weighted by molar-refractivity contribution is -0.131. The largest absolute Gasteiger partial charge is 0.361 e. The van der Waals surface area contributed by atoms with Crippen LogP contribution in [0.25, 0.3) is 10.9 Å². The molecule has 2 atom stereocenters. The first-order valence-electron chi connectivity index (χ1n) is 8.23. The predicted octanol–water partition coefficient (Wildman–Crippen LogP) is 2.90. The summed E-state index contributed by atoms with van der Waals surface area (Å²) in [6.07, 6.45) is 4.14. The number of carbonyl (C=O) groups excluding carboxylic acids is 1. The molecule has 0 radical (unpaired) electrons. The Morgan fingerprint density at radius 2 is 2.27 bits per heavy atom. The summed E-state index contributed by atoms with van der Waals surface area (Å²) in [6, 6.07) is 9.04. The first kappa shape index (κ1) is 15.1. The van der Waals surface area contributed by atoms with Crippen LogP contribution in [0, 0.1) is 5.92 Å². The number of H-pyrrole nitrogens is 1. The van der Waals surface area contributed by atoms with E-state index in [4.69, 9.17) is 0 Å². The lowest BCUT2D eigenvalue weighted by Gasteiger charge is -2.38. The van der Waals surface area contributed by atoms with Crippen LogP contribution in [0.2, 0.25) is 0 Å². The molecule has 1 aliphatic rings. The lowest BCUT2D eigenvalue weighted by Crippen LogP contribution is -2.50. The minimum atomic E-state index is 0.203. The van der Waals surface area contributed by atoms with E-state index in [1.54, 1.807) is 6.92 Å². The van der Waals surface area contributed by atoms with Crippen molar-refractivity contribution in [2.75, 3.05) is 13.1 Å². The third-order valence-corrected chi connectivity index (χ3v) is 4.94. The number of aromatic amines is 1. The second-order valence-corrected chi connectivity index (χ2v) is 6.27. The van der Waals surface area contributed by atoms with Crippen molar-refractivity contribution in [2.45, 2.75) is 39.3 Å². The van der Waals surface area contributed by atoms with Gasteiger partial charge in [-0.1, -0.05) is 25.5 Å². The van der Waals surface area contributed by atoms with E-state index in [0.29, 0.717) is 12.0 Å². The van der Waals surface area contributed by atoms with Gasteiger partial charge in [0, 0.05) is 49.7 Å². The number of hydrogen-bond acceptors (Lipinski definition) is 2. The van der Waals surface area contributed by atoms with Crippen molar-refractivity contribution in [2.24, 2.45) is 5.92 Å². The summed E-state index contributed by atoms with van der Waals surface area (Å²) in [4.78, 5) is 16.8. The molecule has 1 amide bonds. The molecule has 3 rings (SSSR count). The van der Waals surface area contributed by atoms with Crippen LogP contribution < -0.4 is 5.32 Å². The van der Waals surface area contributed by atoms with E-state index in [1.165, 1.54) is 16.5 Å². The minimum absolute atomic E-state index is 0.203. The van der Waals surface area contributed by atoms with Crippen molar-refractivity contribution in [1.82, 2.24) is 15.2 Å². The summed E-state index contributed by atoms with van der Waals surface area (Å²) in [5, 5.41) is 5.02. The molecular weight excluding hydrogens is 274 g/mol. The Kier molecular flexibility index (Phi) is 4.48. The summed E-state index contributed by atoms with van der Waals surface area (Å²) in [6.45, 7) is 6.54. The molecule has 4 nitrogen and oxygen atoms in total. The van der Waals surface area contributed by atoms with E-state index in [2.05, 4.69) is 41.5 Å². The first-order chi connectivity index (χ1) is 10.7. The second kappa shape index (κ2) is 6.53. The molecule has 2 aromatic rings. The Balaban J connectivity index is 1.66. The topological polar surface area (TPSA) is 48.1 Å². The Hall–Kier alpha value is -1.81. The molecule has 0 saturated carbocycles. The van der Waals surface area contributed by atoms with Crippen LogP contribution in [0.4, 0.5) is 0 Å². The fourth-order valence-corrected chi connectivity index (χ4v) is 3.55. The van der Waals surface area contributed by atoms with Gasteiger partial charge in [-0.15, -0.1) is 0 Å². The van der Waals surface area contributed by atoms with Crippen molar-refractivity contribution in [1.29, 1.82) is 0 Å². The van der Waals surface area contributed by atoms with Gasteiger partial charge in [-0.2, -0.15) is 0 Å². The van der Waals surface area contributed by atoms with Crippen LogP contribution in [0.3, 0.4) is 0 Å². The Labute approximate surface area is 131 Å². The maximum Gasteiger partial charge on any atom is 0.219 e. The van der Waals surface area contributed by atoms with Crippen molar-refractivity contribution < 1.29 is 4.79 Å². The van der Waals surface area contributed by atoms with Crippen molar-refractivity contribution >= 4 is 16.8 Å². The number of fused-ring (bicyclic) bond motifs is 1. The molecule has 0 aliphatic carbocycles. The zero-order chi connectivity index (χ0) is 15.5. The monoisotopic (exact) mass is 299 g/mol. The van der Waals surface area contributed by atoms with Gasteiger partial charge in [0.1, 0.15) is 0 Å². The number of nitrogens with zero attached hydrogens (tertiary/aromatic N) is 1. The highest BCUT2D eigenvalue weighted by molar-refractivity contribution is 5.82. The van der Waals surface area contributed by atoms with Gasteiger partial charge in [-0.3, -0.25) is 4.79 Å². The second-order valence-electron chi connectivity index (χ2n) is 6.27. The highest BCUT2D eigenvalue weighted by atomic mass is 16.2. The molecule has 1 fully saturated rings. The minimum Gasteiger partial charge on any atom is -0.361 e. The summed E-state index contributed by atoms with van der Waals surface area (Å²) in [7, 11) is 0. The number of carbonyl (C=O) groups is 1. The molecule has 1 aromatic carbocycles. The normalized spacial score (nSPS) is 22.2. The average molecular weight is 299 g/mol. The Morgan fingerprint density at radius 1 is 1.41 bits per heavy atom. The van der Waals surface area contributed by atoms with Crippen LogP contribution in [0.1, 0.15) is 32.3 Å². The van der Waals surface area contributed by atoms with Gasteiger partial charge in [0.25, 0.3) is 0 Å². The number of hydrogen-bond donors (Lipinski definition) is 2. The average Bonchev–Trinajstić information content (AvgIpc) is 3.01. The van der Waals surface area contributed by atoms with Gasteiger partial charge >= 0.3 is 0 Å². The van der Waals surface area contributed by atoms with Crippen LogP contribution in [-0.4, -0.2) is 34.9 Å². The first-order valence-corrected chi connectivity index (χ1v) is 8.23. The predicted molar refractivity (Wildman–Crippen MR) is 89.6 cm³/mol. The van der Waals surface area contributed by atoms with Gasteiger partial charge < -0.3 is 15.2 Å². The molecule has 0 bridgehead atoms. The molecule has 118 valence electrons. The van der Waals surface area contributed by atoms with E-state index in [0.717, 1.165) is 32.5 Å². The standard InChI is InChI=1S/C18H25N3O/c1-3-14-12-21(13(2)22)10-8-17(14)20-11-15-5-4-6-18-16(15)7-9-19-18/h4-7,9,14,17,19-20H,3,8,10-12H2,1-2H3/t14-,17+/m0/s1. The highest BCUT2D eigenvalue weighted by Crippen LogP contribution is 2.22. The van der Waals surface area contributed by atoms with Gasteiger partial charge in [-0.05, 0) is 30.0 Å². The zero-order valence-electron chi connectivity index (χ0n) is 13.4. The zero-order valence-corrected chi connectivity index (χ0v) is 13.4. The van der Waals surface area contributed by atoms with Gasteiger partial charge in [0.05, 0.1) is 0 Å². The number of rotatable bonds is 4. The third-order valence-electron chi connectivity index (χ3n) is 4.94. The highest BCUT2D eigenvalue weighted by Gasteiger charge is 2.28. The van der Waals surface area contributed by atoms with E-state index in [9.17, 15) is 4.79 Å². The molecule has 1 aromatic heterocycles. The fraction of sp³-hybridized carbons (Fsp3) is 0.500. The molecular formula is C18H25N3O. The van der Waals surface area contributed by atoms with Crippen LogP contribution >= 0.6 is 0 Å². The van der Waals surface area contributed by atoms with Gasteiger partial charge in [0.15, 0.2) is 0 Å². The van der Waals surface area contributed by atoms with Crippen LogP contribution in [-0.2, 0) is 11.3 Å². The Bertz CT molecular complexity index is 649. The summed E-state index contributed by atoms with van der Waals surface area (Å²) < 4.78 is 0. The van der Waals surface area contributed by atoms with E-state index >= 15 is 0 Å². The fourth-order valence-electron chi connectivity index (χ4n) is 3.55. The molecule has 2 heterocycles. The molecule has 22 heavy (non-hydrogen) atoms. The van der Waals surface area contributed by atoms with Crippen molar-refractivity contribution in [3.05, 3.63) is 36.0 Å². The number of amides is 1. The molecule has 0 spiro atoms. The quantitative estimate of drug-likeness (QED) is 0.912. The summed E-state index contributed by atoms with van der Waals surface area (Å²) in [5.74, 6) is 0.747. The van der Waals surface area contributed by atoms with E-state index in [1.807, 2.05) is 11.1 Å². The van der Waals surface area contributed by atoms with Gasteiger partial charge in [0.2, 0.25) is 5.91 Å². The van der Waals surface area contributed by atoms with Crippen LogP contribution in [0.5, 0.6) is 0 Å². The van der Waals surface area contributed by atoms with Crippen molar-refractivity contribution in [3.8, 4) is 0 Å². The maximum absolute atomic E-state index is 11.6. The lowest BCUT2D eigenvalue weighted by atomic mass is 9.89. The molecule has 0 unspecified atom stereocenters.